The second kappa shape index (κ2) is 4.80. The van der Waals surface area contributed by atoms with Crippen LogP contribution >= 0.6 is 0 Å². The molecule has 1 aromatic carbocycles. The standard InChI is InChI=1S/C16H22N2O/c1-10(2)11-7-8-12-13(9-11)17-14(16(3,4)5)15(18-12)19-6/h7-10H,1-6H3. The van der Waals surface area contributed by atoms with Crippen molar-refractivity contribution in [2.75, 3.05) is 7.11 Å². The molecule has 0 aliphatic carbocycles. The monoisotopic (exact) mass is 258 g/mol. The lowest BCUT2D eigenvalue weighted by Gasteiger charge is -2.20. The summed E-state index contributed by atoms with van der Waals surface area (Å²) in [4.78, 5) is 9.35. The minimum atomic E-state index is -0.0830. The van der Waals surface area contributed by atoms with E-state index < -0.39 is 0 Å². The Morgan fingerprint density at radius 2 is 1.74 bits per heavy atom. The van der Waals surface area contributed by atoms with Crippen LogP contribution in [0.1, 0.15) is 51.8 Å². The highest BCUT2D eigenvalue weighted by Crippen LogP contribution is 2.30. The fourth-order valence-corrected chi connectivity index (χ4v) is 2.05. The number of hydrogen-bond donors (Lipinski definition) is 0. The molecule has 0 N–H and O–H groups in total. The first-order valence-electron chi connectivity index (χ1n) is 6.69. The number of rotatable bonds is 2. The van der Waals surface area contributed by atoms with Gasteiger partial charge in [0.2, 0.25) is 5.88 Å². The lowest BCUT2D eigenvalue weighted by Crippen LogP contribution is -2.16. The van der Waals surface area contributed by atoms with Crippen LogP contribution in [0.15, 0.2) is 18.2 Å². The van der Waals surface area contributed by atoms with Crippen LogP contribution in [0.4, 0.5) is 0 Å². The maximum atomic E-state index is 5.38. The Balaban J connectivity index is 2.69. The highest BCUT2D eigenvalue weighted by atomic mass is 16.5. The third-order valence-electron chi connectivity index (χ3n) is 3.23. The van der Waals surface area contributed by atoms with Gasteiger partial charge in [0.1, 0.15) is 5.69 Å². The quantitative estimate of drug-likeness (QED) is 0.814. The zero-order valence-electron chi connectivity index (χ0n) is 12.6. The molecule has 0 saturated carbocycles. The molecular weight excluding hydrogens is 236 g/mol. The summed E-state index contributed by atoms with van der Waals surface area (Å²) < 4.78 is 5.38. The molecule has 0 radical (unpaired) electrons. The number of ether oxygens (including phenoxy) is 1. The van der Waals surface area contributed by atoms with Crippen LogP contribution in [-0.4, -0.2) is 17.1 Å². The van der Waals surface area contributed by atoms with Crippen molar-refractivity contribution in [3.8, 4) is 5.88 Å². The molecule has 0 fully saturated rings. The maximum Gasteiger partial charge on any atom is 0.236 e. The zero-order chi connectivity index (χ0) is 14.2. The number of methoxy groups -OCH3 is 1. The summed E-state index contributed by atoms with van der Waals surface area (Å²) in [5, 5.41) is 0. The molecule has 0 unspecified atom stereocenters. The molecule has 0 spiro atoms. The van der Waals surface area contributed by atoms with Gasteiger partial charge >= 0.3 is 0 Å². The first kappa shape index (κ1) is 13.8. The van der Waals surface area contributed by atoms with Crippen molar-refractivity contribution in [2.45, 2.75) is 46.0 Å². The van der Waals surface area contributed by atoms with E-state index in [0.29, 0.717) is 11.8 Å². The summed E-state index contributed by atoms with van der Waals surface area (Å²) in [7, 11) is 1.65. The molecule has 2 aromatic rings. The first-order valence-corrected chi connectivity index (χ1v) is 6.69. The number of fused-ring (bicyclic) bond motifs is 1. The predicted molar refractivity (Wildman–Crippen MR) is 78.9 cm³/mol. The Morgan fingerprint density at radius 1 is 1.05 bits per heavy atom. The van der Waals surface area contributed by atoms with Gasteiger partial charge in [0.25, 0.3) is 0 Å². The minimum absolute atomic E-state index is 0.0830. The smallest absolute Gasteiger partial charge is 0.236 e. The lowest BCUT2D eigenvalue weighted by atomic mass is 9.92. The fraction of sp³-hybridized carbons (Fsp3) is 0.500. The van der Waals surface area contributed by atoms with Crippen molar-refractivity contribution in [2.24, 2.45) is 0 Å². The van der Waals surface area contributed by atoms with E-state index in [9.17, 15) is 0 Å². The van der Waals surface area contributed by atoms with E-state index >= 15 is 0 Å². The average molecular weight is 258 g/mol. The molecule has 19 heavy (non-hydrogen) atoms. The third kappa shape index (κ3) is 2.70. The van der Waals surface area contributed by atoms with Gasteiger partial charge in [-0.2, -0.15) is 0 Å². The van der Waals surface area contributed by atoms with E-state index in [1.807, 2.05) is 6.07 Å². The molecule has 0 bridgehead atoms. The molecule has 3 heteroatoms. The van der Waals surface area contributed by atoms with E-state index in [1.54, 1.807) is 7.11 Å². The molecule has 0 aliphatic rings. The summed E-state index contributed by atoms with van der Waals surface area (Å²) in [6.07, 6.45) is 0. The van der Waals surface area contributed by atoms with Crippen molar-refractivity contribution < 1.29 is 4.74 Å². The minimum Gasteiger partial charge on any atom is -0.480 e. The lowest BCUT2D eigenvalue weighted by molar-refractivity contribution is 0.377. The zero-order valence-corrected chi connectivity index (χ0v) is 12.6. The summed E-state index contributed by atoms with van der Waals surface area (Å²) in [5.74, 6) is 1.11. The normalized spacial score (nSPS) is 12.2. The Labute approximate surface area is 115 Å². The van der Waals surface area contributed by atoms with Crippen LogP contribution in [0.5, 0.6) is 5.88 Å². The van der Waals surface area contributed by atoms with Gasteiger partial charge in [0, 0.05) is 5.41 Å². The summed E-state index contributed by atoms with van der Waals surface area (Å²) in [6.45, 7) is 10.7. The molecule has 0 aliphatic heterocycles. The van der Waals surface area contributed by atoms with Crippen molar-refractivity contribution in [1.29, 1.82) is 0 Å². The van der Waals surface area contributed by atoms with Gasteiger partial charge in [-0.1, -0.05) is 40.7 Å². The van der Waals surface area contributed by atoms with E-state index in [1.165, 1.54) is 5.56 Å². The summed E-state index contributed by atoms with van der Waals surface area (Å²) in [5.41, 5.74) is 3.93. The molecule has 1 aromatic heterocycles. The third-order valence-corrected chi connectivity index (χ3v) is 3.23. The second-order valence-corrected chi connectivity index (χ2v) is 6.23. The van der Waals surface area contributed by atoms with Crippen molar-refractivity contribution >= 4 is 11.0 Å². The van der Waals surface area contributed by atoms with Crippen LogP contribution < -0.4 is 4.74 Å². The number of hydrogen-bond acceptors (Lipinski definition) is 3. The second-order valence-electron chi connectivity index (χ2n) is 6.23. The topological polar surface area (TPSA) is 35.0 Å². The molecule has 102 valence electrons. The van der Waals surface area contributed by atoms with Crippen LogP contribution in [0.25, 0.3) is 11.0 Å². The Hall–Kier alpha value is -1.64. The fourth-order valence-electron chi connectivity index (χ4n) is 2.05. The van der Waals surface area contributed by atoms with E-state index in [-0.39, 0.29) is 5.41 Å². The van der Waals surface area contributed by atoms with Crippen LogP contribution in [0.3, 0.4) is 0 Å². The van der Waals surface area contributed by atoms with Crippen molar-refractivity contribution in [1.82, 2.24) is 9.97 Å². The molecule has 0 atom stereocenters. The number of benzene rings is 1. The number of aromatic nitrogens is 2. The van der Waals surface area contributed by atoms with Crippen molar-refractivity contribution in [3.05, 3.63) is 29.5 Å². The maximum absolute atomic E-state index is 5.38. The van der Waals surface area contributed by atoms with Crippen LogP contribution in [0, 0.1) is 0 Å². The van der Waals surface area contributed by atoms with Gasteiger partial charge in [-0.25, -0.2) is 9.97 Å². The Bertz CT molecular complexity index is 597. The molecule has 0 amide bonds. The van der Waals surface area contributed by atoms with Gasteiger partial charge < -0.3 is 4.74 Å². The van der Waals surface area contributed by atoms with Gasteiger partial charge in [0.05, 0.1) is 18.1 Å². The molecular formula is C16H22N2O. The number of nitrogens with zero attached hydrogens (tertiary/aromatic N) is 2. The van der Waals surface area contributed by atoms with Gasteiger partial charge in [-0.05, 0) is 23.6 Å². The molecule has 1 heterocycles. The Morgan fingerprint density at radius 3 is 2.26 bits per heavy atom. The predicted octanol–water partition coefficient (Wildman–Crippen LogP) is 4.06. The molecule has 0 saturated heterocycles. The Kier molecular flexibility index (Phi) is 3.48. The van der Waals surface area contributed by atoms with Crippen molar-refractivity contribution in [3.63, 3.8) is 0 Å². The van der Waals surface area contributed by atoms with E-state index in [4.69, 9.17) is 9.72 Å². The highest BCUT2D eigenvalue weighted by molar-refractivity contribution is 5.76. The average Bonchev–Trinajstić information content (AvgIpc) is 2.35. The van der Waals surface area contributed by atoms with Gasteiger partial charge in [-0.3, -0.25) is 0 Å². The molecule has 3 nitrogen and oxygen atoms in total. The first-order chi connectivity index (χ1) is 8.82. The summed E-state index contributed by atoms with van der Waals surface area (Å²) in [6, 6.07) is 6.26. The van der Waals surface area contributed by atoms with E-state index in [0.717, 1.165) is 16.7 Å². The summed E-state index contributed by atoms with van der Waals surface area (Å²) >= 11 is 0. The SMILES string of the molecule is COc1nc2ccc(C(C)C)cc2nc1C(C)(C)C. The van der Waals surface area contributed by atoms with Gasteiger partial charge in [0.15, 0.2) is 0 Å². The molecule has 2 rings (SSSR count). The van der Waals surface area contributed by atoms with Gasteiger partial charge in [-0.15, -0.1) is 0 Å². The van der Waals surface area contributed by atoms with E-state index in [2.05, 4.69) is 51.7 Å². The van der Waals surface area contributed by atoms with Crippen LogP contribution in [-0.2, 0) is 5.41 Å². The highest BCUT2D eigenvalue weighted by Gasteiger charge is 2.22. The largest absolute Gasteiger partial charge is 0.480 e. The van der Waals surface area contributed by atoms with Crippen LogP contribution in [0.2, 0.25) is 0 Å².